The van der Waals surface area contributed by atoms with E-state index in [1.54, 1.807) is 0 Å². The average Bonchev–Trinajstić information content (AvgIpc) is 2.54. The van der Waals surface area contributed by atoms with Gasteiger partial charge in [-0.2, -0.15) is 5.26 Å². The third kappa shape index (κ3) is 2.68. The van der Waals surface area contributed by atoms with Crippen molar-refractivity contribution in [2.24, 2.45) is 11.3 Å². The molecule has 0 radical (unpaired) electrons. The average molecular weight is 289 g/mol. The molecule has 1 saturated carbocycles. The van der Waals surface area contributed by atoms with Crippen LogP contribution in [0.5, 0.6) is 0 Å². The quantitative estimate of drug-likeness (QED) is 0.744. The summed E-state index contributed by atoms with van der Waals surface area (Å²) in [6.45, 7) is 2.91. The van der Waals surface area contributed by atoms with Crippen molar-refractivity contribution < 1.29 is 4.79 Å². The molecule has 2 saturated heterocycles. The highest BCUT2D eigenvalue weighted by atomic mass is 16.2. The minimum atomic E-state index is -0.703. The van der Waals surface area contributed by atoms with Crippen molar-refractivity contribution in [2.75, 3.05) is 26.7 Å². The number of carbonyl (C=O) groups is 1. The van der Waals surface area contributed by atoms with Gasteiger partial charge < -0.3 is 9.80 Å². The molecule has 1 aliphatic carbocycles. The molecule has 0 aromatic heterocycles. The van der Waals surface area contributed by atoms with E-state index in [-0.39, 0.29) is 5.91 Å². The van der Waals surface area contributed by atoms with Gasteiger partial charge in [0.25, 0.3) is 0 Å². The fourth-order valence-electron chi connectivity index (χ4n) is 4.67. The second-order valence-corrected chi connectivity index (χ2v) is 7.24. The Morgan fingerprint density at radius 3 is 2.62 bits per heavy atom. The van der Waals surface area contributed by atoms with Crippen LogP contribution in [0, 0.1) is 22.7 Å². The summed E-state index contributed by atoms with van der Waals surface area (Å²) in [4.78, 5) is 17.4. The SMILES string of the molecule is CN1CCCC2CN(C(=O)C3(C#N)CCCCC3)CCC21. The van der Waals surface area contributed by atoms with Crippen LogP contribution in [0.25, 0.3) is 0 Å². The molecular formula is C17H27N3O. The molecule has 0 bridgehead atoms. The number of carbonyl (C=O) groups excluding carboxylic acids is 1. The lowest BCUT2D eigenvalue weighted by atomic mass is 9.73. The van der Waals surface area contributed by atoms with E-state index in [1.165, 1.54) is 25.8 Å². The minimum absolute atomic E-state index is 0.136. The summed E-state index contributed by atoms with van der Waals surface area (Å²) in [5, 5.41) is 9.61. The molecule has 0 aromatic carbocycles. The summed E-state index contributed by atoms with van der Waals surface area (Å²) in [6.07, 6.45) is 8.32. The first-order chi connectivity index (χ1) is 10.2. The summed E-state index contributed by atoms with van der Waals surface area (Å²) >= 11 is 0. The Morgan fingerprint density at radius 2 is 1.90 bits per heavy atom. The smallest absolute Gasteiger partial charge is 0.243 e. The number of likely N-dealkylation sites (tertiary alicyclic amines) is 2. The zero-order chi connectivity index (χ0) is 14.9. The Morgan fingerprint density at radius 1 is 1.14 bits per heavy atom. The summed E-state index contributed by atoms with van der Waals surface area (Å²) in [7, 11) is 2.21. The van der Waals surface area contributed by atoms with Gasteiger partial charge in [0.1, 0.15) is 5.41 Å². The molecule has 2 atom stereocenters. The van der Waals surface area contributed by atoms with E-state index in [4.69, 9.17) is 0 Å². The van der Waals surface area contributed by atoms with Gasteiger partial charge in [-0.3, -0.25) is 4.79 Å². The van der Waals surface area contributed by atoms with Gasteiger partial charge in [-0.15, -0.1) is 0 Å². The summed E-state index contributed by atoms with van der Waals surface area (Å²) < 4.78 is 0. The fourth-order valence-corrected chi connectivity index (χ4v) is 4.67. The third-order valence-corrected chi connectivity index (χ3v) is 5.96. The van der Waals surface area contributed by atoms with Crippen molar-refractivity contribution in [1.82, 2.24) is 9.80 Å². The lowest BCUT2D eigenvalue weighted by Crippen LogP contribution is -2.56. The highest BCUT2D eigenvalue weighted by Crippen LogP contribution is 2.39. The molecule has 3 aliphatic rings. The molecular weight excluding hydrogens is 262 g/mol. The van der Waals surface area contributed by atoms with Crippen LogP contribution in [0.15, 0.2) is 0 Å². The Balaban J connectivity index is 1.70. The molecule has 2 heterocycles. The van der Waals surface area contributed by atoms with Gasteiger partial charge >= 0.3 is 0 Å². The van der Waals surface area contributed by atoms with Gasteiger partial charge in [-0.1, -0.05) is 19.3 Å². The molecule has 4 nitrogen and oxygen atoms in total. The highest BCUT2D eigenvalue weighted by Gasteiger charge is 2.45. The van der Waals surface area contributed by atoms with Crippen molar-refractivity contribution in [3.05, 3.63) is 0 Å². The predicted molar refractivity (Wildman–Crippen MR) is 81.5 cm³/mol. The second-order valence-electron chi connectivity index (χ2n) is 7.24. The maximum Gasteiger partial charge on any atom is 0.243 e. The van der Waals surface area contributed by atoms with E-state index in [9.17, 15) is 10.1 Å². The number of nitriles is 1. The van der Waals surface area contributed by atoms with Gasteiger partial charge in [0, 0.05) is 19.1 Å². The predicted octanol–water partition coefficient (Wildman–Crippen LogP) is 2.40. The van der Waals surface area contributed by atoms with Crippen molar-refractivity contribution >= 4 is 5.91 Å². The van der Waals surface area contributed by atoms with Crippen molar-refractivity contribution in [3.8, 4) is 6.07 Å². The van der Waals surface area contributed by atoms with E-state index in [2.05, 4.69) is 18.0 Å². The second kappa shape index (κ2) is 5.96. The lowest BCUT2D eigenvalue weighted by molar-refractivity contribution is -0.144. The van der Waals surface area contributed by atoms with E-state index < -0.39 is 5.41 Å². The monoisotopic (exact) mass is 289 g/mol. The van der Waals surface area contributed by atoms with E-state index in [0.29, 0.717) is 12.0 Å². The van der Waals surface area contributed by atoms with Crippen LogP contribution in [-0.2, 0) is 4.79 Å². The first-order valence-electron chi connectivity index (χ1n) is 8.57. The molecule has 2 aliphatic heterocycles. The summed E-state index contributed by atoms with van der Waals surface area (Å²) in [5.74, 6) is 0.747. The third-order valence-electron chi connectivity index (χ3n) is 5.96. The molecule has 0 aromatic rings. The Kier molecular flexibility index (Phi) is 4.21. The Labute approximate surface area is 128 Å². The fraction of sp³-hybridized carbons (Fsp3) is 0.882. The maximum atomic E-state index is 13.0. The highest BCUT2D eigenvalue weighted by molar-refractivity contribution is 5.85. The van der Waals surface area contributed by atoms with E-state index >= 15 is 0 Å². The van der Waals surface area contributed by atoms with Crippen LogP contribution in [0.4, 0.5) is 0 Å². The topological polar surface area (TPSA) is 47.3 Å². The van der Waals surface area contributed by atoms with Gasteiger partial charge in [0.15, 0.2) is 0 Å². The van der Waals surface area contributed by atoms with Crippen molar-refractivity contribution in [3.63, 3.8) is 0 Å². The Hall–Kier alpha value is -1.08. The summed E-state index contributed by atoms with van der Waals surface area (Å²) in [5.41, 5.74) is -0.703. The van der Waals surface area contributed by atoms with E-state index in [1.807, 2.05) is 4.90 Å². The largest absolute Gasteiger partial charge is 0.341 e. The van der Waals surface area contributed by atoms with Crippen LogP contribution < -0.4 is 0 Å². The molecule has 4 heteroatoms. The minimum Gasteiger partial charge on any atom is -0.341 e. The molecule has 21 heavy (non-hydrogen) atoms. The molecule has 3 rings (SSSR count). The first kappa shape index (κ1) is 14.8. The number of piperidine rings is 2. The van der Waals surface area contributed by atoms with Crippen molar-refractivity contribution in [1.29, 1.82) is 5.26 Å². The van der Waals surface area contributed by atoms with Crippen LogP contribution in [0.1, 0.15) is 51.4 Å². The molecule has 0 N–H and O–H groups in total. The van der Waals surface area contributed by atoms with Crippen LogP contribution >= 0.6 is 0 Å². The number of hydrogen-bond acceptors (Lipinski definition) is 3. The van der Waals surface area contributed by atoms with Gasteiger partial charge in [0.2, 0.25) is 5.91 Å². The van der Waals surface area contributed by atoms with Gasteiger partial charge in [-0.25, -0.2) is 0 Å². The summed E-state index contributed by atoms with van der Waals surface area (Å²) in [6, 6.07) is 3.04. The van der Waals surface area contributed by atoms with E-state index in [0.717, 1.165) is 45.2 Å². The number of fused-ring (bicyclic) bond motifs is 1. The number of rotatable bonds is 1. The number of hydrogen-bond donors (Lipinski definition) is 0. The van der Waals surface area contributed by atoms with Crippen LogP contribution in [0.2, 0.25) is 0 Å². The van der Waals surface area contributed by atoms with Gasteiger partial charge in [0.05, 0.1) is 6.07 Å². The maximum absolute atomic E-state index is 13.0. The molecule has 3 fully saturated rings. The lowest BCUT2D eigenvalue weighted by Gasteiger charge is -2.47. The van der Waals surface area contributed by atoms with Crippen LogP contribution in [0.3, 0.4) is 0 Å². The standard InChI is InChI=1S/C17H27N3O/c1-19-10-5-6-14-12-20(11-7-15(14)19)16(21)17(13-18)8-3-2-4-9-17/h14-15H,2-12H2,1H3. The Bertz CT molecular complexity index is 436. The number of nitrogens with zero attached hydrogens (tertiary/aromatic N) is 3. The zero-order valence-corrected chi connectivity index (χ0v) is 13.2. The van der Waals surface area contributed by atoms with Crippen molar-refractivity contribution in [2.45, 2.75) is 57.4 Å². The molecule has 116 valence electrons. The van der Waals surface area contributed by atoms with Crippen LogP contribution in [-0.4, -0.2) is 48.4 Å². The zero-order valence-electron chi connectivity index (χ0n) is 13.2. The molecule has 0 spiro atoms. The number of amides is 1. The first-order valence-corrected chi connectivity index (χ1v) is 8.57. The normalized spacial score (nSPS) is 33.0. The molecule has 1 amide bonds. The van der Waals surface area contributed by atoms with Gasteiger partial charge in [-0.05, 0) is 51.6 Å². The molecule has 2 unspecified atom stereocenters.